The van der Waals surface area contributed by atoms with Crippen LogP contribution in [-0.2, 0) is 4.79 Å². The Kier molecular flexibility index (Phi) is 4.27. The highest BCUT2D eigenvalue weighted by atomic mass is 16.1. The van der Waals surface area contributed by atoms with Crippen molar-refractivity contribution in [2.45, 2.75) is 19.3 Å². The summed E-state index contributed by atoms with van der Waals surface area (Å²) in [7, 11) is 0. The zero-order chi connectivity index (χ0) is 9.52. The van der Waals surface area contributed by atoms with Gasteiger partial charge in [-0.25, -0.2) is 0 Å². The minimum Gasteiger partial charge on any atom is -0.343 e. The van der Waals surface area contributed by atoms with E-state index in [1.54, 1.807) is 0 Å². The number of piperidine rings is 1. The molecule has 13 heavy (non-hydrogen) atoms. The van der Waals surface area contributed by atoms with Crippen LogP contribution in [0.15, 0.2) is 0 Å². The number of nitriles is 1. The molecule has 0 aromatic heterocycles. The van der Waals surface area contributed by atoms with Crippen LogP contribution in [0.2, 0.25) is 0 Å². The second-order valence-electron chi connectivity index (χ2n) is 3.35. The van der Waals surface area contributed by atoms with Crippen molar-refractivity contribution in [3.8, 4) is 6.07 Å². The molecule has 1 amide bonds. The minimum absolute atomic E-state index is 0.00440. The molecule has 1 atom stereocenters. The van der Waals surface area contributed by atoms with Gasteiger partial charge in [0.1, 0.15) is 6.54 Å². The molecule has 1 unspecified atom stereocenters. The third-order valence-electron chi connectivity index (χ3n) is 2.24. The summed E-state index contributed by atoms with van der Waals surface area (Å²) in [6, 6.07) is 1.89. The van der Waals surface area contributed by atoms with Gasteiger partial charge in [0.15, 0.2) is 0 Å². The van der Waals surface area contributed by atoms with Gasteiger partial charge < -0.3 is 10.6 Å². The third kappa shape index (κ3) is 3.90. The Morgan fingerprint density at radius 3 is 3.15 bits per heavy atom. The predicted molar refractivity (Wildman–Crippen MR) is 48.8 cm³/mol. The molecule has 1 heterocycles. The highest BCUT2D eigenvalue weighted by Gasteiger charge is 2.15. The number of carbonyl (C=O) groups excluding carboxylic acids is 1. The van der Waals surface area contributed by atoms with Gasteiger partial charge in [0.25, 0.3) is 0 Å². The zero-order valence-corrected chi connectivity index (χ0v) is 7.68. The lowest BCUT2D eigenvalue weighted by atomic mass is 9.96. The van der Waals surface area contributed by atoms with Crippen molar-refractivity contribution in [2.24, 2.45) is 5.92 Å². The first-order chi connectivity index (χ1) is 6.33. The van der Waals surface area contributed by atoms with Crippen molar-refractivity contribution in [3.63, 3.8) is 0 Å². The molecule has 0 spiro atoms. The molecule has 4 nitrogen and oxygen atoms in total. The molecule has 0 aromatic rings. The highest BCUT2D eigenvalue weighted by Crippen LogP contribution is 2.13. The Balaban J connectivity index is 2.15. The average molecular weight is 181 g/mol. The molecular formula is C9H15N3O. The summed E-state index contributed by atoms with van der Waals surface area (Å²) >= 11 is 0. The quantitative estimate of drug-likeness (QED) is 0.603. The van der Waals surface area contributed by atoms with Crippen molar-refractivity contribution in [3.05, 3.63) is 0 Å². The van der Waals surface area contributed by atoms with Gasteiger partial charge in [-0.15, -0.1) is 0 Å². The fourth-order valence-corrected chi connectivity index (χ4v) is 1.57. The van der Waals surface area contributed by atoms with Gasteiger partial charge in [0.2, 0.25) is 5.91 Å². The van der Waals surface area contributed by atoms with Crippen LogP contribution >= 0.6 is 0 Å². The lowest BCUT2D eigenvalue weighted by Crippen LogP contribution is -2.34. The molecule has 1 aliphatic rings. The summed E-state index contributed by atoms with van der Waals surface area (Å²) in [6.45, 7) is 2.12. The van der Waals surface area contributed by atoms with E-state index in [0.717, 1.165) is 25.9 Å². The predicted octanol–water partition coefficient (Wildman–Crippen LogP) is 0.0159. The number of carbonyl (C=O) groups is 1. The number of nitrogens with one attached hydrogen (secondary N) is 2. The van der Waals surface area contributed by atoms with Gasteiger partial charge in [-0.3, -0.25) is 4.79 Å². The first kappa shape index (κ1) is 10.0. The van der Waals surface area contributed by atoms with E-state index in [9.17, 15) is 4.79 Å². The average Bonchev–Trinajstić information content (AvgIpc) is 2.16. The Bertz CT molecular complexity index is 203. The lowest BCUT2D eigenvalue weighted by Gasteiger charge is -2.21. The monoisotopic (exact) mass is 181 g/mol. The molecule has 72 valence electrons. The van der Waals surface area contributed by atoms with Crippen molar-refractivity contribution in [2.75, 3.05) is 19.6 Å². The van der Waals surface area contributed by atoms with Gasteiger partial charge >= 0.3 is 0 Å². The van der Waals surface area contributed by atoms with E-state index < -0.39 is 0 Å². The topological polar surface area (TPSA) is 64.9 Å². The number of amides is 1. The van der Waals surface area contributed by atoms with Gasteiger partial charge in [-0.05, 0) is 31.8 Å². The fraction of sp³-hybridized carbons (Fsp3) is 0.778. The van der Waals surface area contributed by atoms with E-state index in [0.29, 0.717) is 12.3 Å². The molecule has 1 rings (SSSR count). The number of hydrogen-bond donors (Lipinski definition) is 2. The summed E-state index contributed by atoms with van der Waals surface area (Å²) in [6.07, 6.45) is 2.82. The Hall–Kier alpha value is -1.08. The summed E-state index contributed by atoms with van der Waals surface area (Å²) in [5.74, 6) is 0.447. The van der Waals surface area contributed by atoms with Crippen LogP contribution in [0.5, 0.6) is 0 Å². The molecule has 0 saturated carbocycles. The summed E-state index contributed by atoms with van der Waals surface area (Å²) in [5, 5.41) is 14.0. The maximum atomic E-state index is 11.2. The third-order valence-corrected chi connectivity index (χ3v) is 2.24. The molecule has 1 aliphatic heterocycles. The normalized spacial score (nSPS) is 21.9. The van der Waals surface area contributed by atoms with Crippen molar-refractivity contribution in [1.82, 2.24) is 10.6 Å². The van der Waals surface area contributed by atoms with Crippen molar-refractivity contribution in [1.29, 1.82) is 5.26 Å². The number of nitrogens with zero attached hydrogens (tertiary/aromatic N) is 1. The van der Waals surface area contributed by atoms with Gasteiger partial charge in [0, 0.05) is 6.42 Å². The van der Waals surface area contributed by atoms with Crippen LogP contribution in [-0.4, -0.2) is 25.5 Å². The molecule has 0 aromatic carbocycles. The van der Waals surface area contributed by atoms with Gasteiger partial charge in [-0.2, -0.15) is 5.26 Å². The minimum atomic E-state index is -0.00440. The Morgan fingerprint density at radius 1 is 1.69 bits per heavy atom. The molecule has 0 aliphatic carbocycles. The number of hydrogen-bond acceptors (Lipinski definition) is 3. The van der Waals surface area contributed by atoms with E-state index in [1.165, 1.54) is 0 Å². The second kappa shape index (κ2) is 5.55. The first-order valence-electron chi connectivity index (χ1n) is 4.67. The Labute approximate surface area is 78.3 Å². The zero-order valence-electron chi connectivity index (χ0n) is 7.68. The van der Waals surface area contributed by atoms with Gasteiger partial charge in [-0.1, -0.05) is 0 Å². The van der Waals surface area contributed by atoms with E-state index in [1.807, 2.05) is 6.07 Å². The molecular weight excluding hydrogens is 166 g/mol. The van der Waals surface area contributed by atoms with E-state index in [4.69, 9.17) is 5.26 Å². The van der Waals surface area contributed by atoms with Crippen molar-refractivity contribution >= 4 is 5.91 Å². The second-order valence-corrected chi connectivity index (χ2v) is 3.35. The lowest BCUT2D eigenvalue weighted by molar-refractivity contribution is -0.121. The summed E-state index contributed by atoms with van der Waals surface area (Å²) < 4.78 is 0. The molecule has 1 fully saturated rings. The summed E-state index contributed by atoms with van der Waals surface area (Å²) in [5.41, 5.74) is 0. The fourth-order valence-electron chi connectivity index (χ4n) is 1.57. The Morgan fingerprint density at radius 2 is 2.54 bits per heavy atom. The number of rotatable bonds is 3. The standard InChI is InChI=1S/C9H15N3O/c10-3-5-12-9(13)6-8-2-1-4-11-7-8/h8,11H,1-2,4-7H2,(H,12,13). The smallest absolute Gasteiger partial charge is 0.221 e. The maximum Gasteiger partial charge on any atom is 0.221 e. The van der Waals surface area contributed by atoms with E-state index in [2.05, 4.69) is 10.6 Å². The molecule has 2 N–H and O–H groups in total. The van der Waals surface area contributed by atoms with Crippen LogP contribution in [0, 0.1) is 17.2 Å². The van der Waals surface area contributed by atoms with Crippen LogP contribution in [0.4, 0.5) is 0 Å². The first-order valence-corrected chi connectivity index (χ1v) is 4.67. The van der Waals surface area contributed by atoms with E-state index >= 15 is 0 Å². The SMILES string of the molecule is N#CCNC(=O)CC1CCCNC1. The maximum absolute atomic E-state index is 11.2. The molecule has 0 bridgehead atoms. The summed E-state index contributed by atoms with van der Waals surface area (Å²) in [4.78, 5) is 11.2. The highest BCUT2D eigenvalue weighted by molar-refractivity contribution is 5.76. The molecule has 1 saturated heterocycles. The van der Waals surface area contributed by atoms with Crippen molar-refractivity contribution < 1.29 is 4.79 Å². The van der Waals surface area contributed by atoms with Crippen LogP contribution < -0.4 is 10.6 Å². The van der Waals surface area contributed by atoms with E-state index in [-0.39, 0.29) is 12.5 Å². The molecule has 0 radical (unpaired) electrons. The van der Waals surface area contributed by atoms with Crippen LogP contribution in [0.25, 0.3) is 0 Å². The van der Waals surface area contributed by atoms with Crippen LogP contribution in [0.1, 0.15) is 19.3 Å². The molecule has 4 heteroatoms. The van der Waals surface area contributed by atoms with Crippen LogP contribution in [0.3, 0.4) is 0 Å². The largest absolute Gasteiger partial charge is 0.343 e. The van der Waals surface area contributed by atoms with Gasteiger partial charge in [0.05, 0.1) is 6.07 Å².